The predicted octanol–water partition coefficient (Wildman–Crippen LogP) is 3.52. The first-order valence-electron chi connectivity index (χ1n) is 8.47. The fraction of sp³-hybridized carbons (Fsp3) is 0.588. The number of carbonyl (C=O) groups is 1. The quantitative estimate of drug-likeness (QED) is 0.917. The molecule has 2 heterocycles. The molecule has 1 amide bonds. The molecule has 136 valence electrons. The lowest BCUT2D eigenvalue weighted by molar-refractivity contribution is -0.136. The van der Waals surface area contributed by atoms with Gasteiger partial charge in [-0.05, 0) is 32.8 Å². The second kappa shape index (κ2) is 6.65. The van der Waals surface area contributed by atoms with Crippen molar-refractivity contribution in [2.45, 2.75) is 64.7 Å². The highest BCUT2D eigenvalue weighted by atomic mass is 19.4. The number of halogens is 3. The molecule has 5 nitrogen and oxygen atoms in total. The van der Waals surface area contributed by atoms with E-state index in [9.17, 15) is 18.0 Å². The van der Waals surface area contributed by atoms with Crippen molar-refractivity contribution in [3.8, 4) is 0 Å². The monoisotopic (exact) mass is 354 g/mol. The lowest BCUT2D eigenvalue weighted by Crippen LogP contribution is -2.38. The zero-order valence-corrected chi connectivity index (χ0v) is 14.3. The summed E-state index contributed by atoms with van der Waals surface area (Å²) < 4.78 is 41.2. The Bertz CT molecular complexity index is 791. The highest BCUT2D eigenvalue weighted by Gasteiger charge is 2.35. The highest BCUT2D eigenvalue weighted by Crippen LogP contribution is 2.36. The first kappa shape index (κ1) is 17.7. The lowest BCUT2D eigenvalue weighted by atomic mass is 9.95. The molecule has 2 aromatic heterocycles. The number of alkyl halides is 3. The van der Waals surface area contributed by atoms with Crippen molar-refractivity contribution >= 4 is 16.9 Å². The van der Waals surface area contributed by atoms with Gasteiger partial charge in [0, 0.05) is 11.7 Å². The molecule has 0 radical (unpaired) electrons. The fourth-order valence-corrected chi connectivity index (χ4v) is 3.47. The van der Waals surface area contributed by atoms with E-state index in [0.717, 1.165) is 31.7 Å². The summed E-state index contributed by atoms with van der Waals surface area (Å²) in [4.78, 5) is 16.5. The Hall–Kier alpha value is -2.12. The van der Waals surface area contributed by atoms with E-state index in [-0.39, 0.29) is 40.9 Å². The van der Waals surface area contributed by atoms with Crippen LogP contribution >= 0.6 is 0 Å². The highest BCUT2D eigenvalue weighted by molar-refractivity contribution is 5.85. The third-order valence-electron chi connectivity index (χ3n) is 4.57. The van der Waals surface area contributed by atoms with E-state index in [1.165, 1.54) is 25.0 Å². The van der Waals surface area contributed by atoms with Crippen molar-refractivity contribution in [2.75, 3.05) is 0 Å². The largest absolute Gasteiger partial charge is 0.417 e. The van der Waals surface area contributed by atoms with Crippen molar-refractivity contribution in [1.82, 2.24) is 20.1 Å². The first-order valence-corrected chi connectivity index (χ1v) is 8.47. The van der Waals surface area contributed by atoms with Gasteiger partial charge in [0.2, 0.25) is 5.91 Å². The maximum Gasteiger partial charge on any atom is 0.417 e. The first-order chi connectivity index (χ1) is 11.8. The lowest BCUT2D eigenvalue weighted by Gasteiger charge is -2.22. The number of nitrogens with one attached hydrogen (secondary N) is 1. The van der Waals surface area contributed by atoms with Gasteiger partial charge in [0.05, 0.1) is 16.6 Å². The van der Waals surface area contributed by atoms with Crippen molar-refractivity contribution in [3.63, 3.8) is 0 Å². The number of hydrogen-bond acceptors (Lipinski definition) is 3. The van der Waals surface area contributed by atoms with E-state index in [4.69, 9.17) is 0 Å². The van der Waals surface area contributed by atoms with E-state index >= 15 is 0 Å². The standard InChI is InChI=1S/C17H21F3N4O/c1-10-8-13(17(18,19)20)15-11(2)23-24(16(15)21-10)9-14(25)22-12-6-4-3-5-7-12/h8,12H,3-7,9H2,1-2H3,(H,22,25). The molecular formula is C17H21F3N4O. The van der Waals surface area contributed by atoms with Crippen LogP contribution in [0.2, 0.25) is 0 Å². The fourth-order valence-electron chi connectivity index (χ4n) is 3.47. The number of hydrogen-bond donors (Lipinski definition) is 1. The molecule has 0 aromatic carbocycles. The van der Waals surface area contributed by atoms with Gasteiger partial charge in [0.1, 0.15) is 6.54 Å². The normalized spacial score (nSPS) is 16.4. The molecule has 0 spiro atoms. The number of pyridine rings is 1. The minimum Gasteiger partial charge on any atom is -0.352 e. The molecule has 1 fully saturated rings. The Morgan fingerprint density at radius 3 is 2.60 bits per heavy atom. The van der Waals surface area contributed by atoms with Crippen molar-refractivity contribution in [3.05, 3.63) is 23.0 Å². The Kier molecular flexibility index (Phi) is 4.71. The Labute approximate surface area is 143 Å². The number of amides is 1. The van der Waals surface area contributed by atoms with Crippen LogP contribution in [-0.2, 0) is 17.5 Å². The third kappa shape index (κ3) is 3.77. The number of aromatic nitrogens is 3. The van der Waals surface area contributed by atoms with E-state index in [0.29, 0.717) is 0 Å². The van der Waals surface area contributed by atoms with Gasteiger partial charge in [-0.25, -0.2) is 9.67 Å². The van der Waals surface area contributed by atoms with Crippen LogP contribution in [0.4, 0.5) is 13.2 Å². The summed E-state index contributed by atoms with van der Waals surface area (Å²) in [6.07, 6.45) is 0.753. The van der Waals surface area contributed by atoms with Crippen LogP contribution in [0.25, 0.3) is 11.0 Å². The van der Waals surface area contributed by atoms with Crippen molar-refractivity contribution in [1.29, 1.82) is 0 Å². The molecule has 2 aromatic rings. The Morgan fingerprint density at radius 2 is 1.96 bits per heavy atom. The maximum absolute atomic E-state index is 13.3. The smallest absolute Gasteiger partial charge is 0.352 e. The molecule has 1 saturated carbocycles. The molecule has 3 rings (SSSR count). The summed E-state index contributed by atoms with van der Waals surface area (Å²) in [6, 6.07) is 1.16. The summed E-state index contributed by atoms with van der Waals surface area (Å²) in [5.74, 6) is -0.242. The Balaban J connectivity index is 1.89. The number of rotatable bonds is 3. The second-order valence-electron chi connectivity index (χ2n) is 6.65. The summed E-state index contributed by atoms with van der Waals surface area (Å²) in [6.45, 7) is 2.88. The SMILES string of the molecule is Cc1cc(C(F)(F)F)c2c(C)nn(CC(=O)NC3CCCCC3)c2n1. The predicted molar refractivity (Wildman–Crippen MR) is 87.0 cm³/mol. The van der Waals surface area contributed by atoms with Gasteiger partial charge in [-0.3, -0.25) is 4.79 Å². The van der Waals surface area contributed by atoms with E-state index in [1.54, 1.807) is 0 Å². The van der Waals surface area contributed by atoms with Crippen LogP contribution in [-0.4, -0.2) is 26.7 Å². The van der Waals surface area contributed by atoms with Crippen LogP contribution in [0.3, 0.4) is 0 Å². The molecule has 0 atom stereocenters. The van der Waals surface area contributed by atoms with Crippen LogP contribution in [0, 0.1) is 13.8 Å². The number of aryl methyl sites for hydroxylation is 2. The molecule has 8 heteroatoms. The molecule has 0 unspecified atom stereocenters. The van der Waals surface area contributed by atoms with Gasteiger partial charge >= 0.3 is 6.18 Å². The van der Waals surface area contributed by atoms with Gasteiger partial charge in [-0.2, -0.15) is 18.3 Å². The Morgan fingerprint density at radius 1 is 1.28 bits per heavy atom. The average Bonchev–Trinajstić information content (AvgIpc) is 2.82. The van der Waals surface area contributed by atoms with Gasteiger partial charge in [0.15, 0.2) is 5.65 Å². The van der Waals surface area contributed by atoms with Gasteiger partial charge < -0.3 is 5.32 Å². The number of fused-ring (bicyclic) bond motifs is 1. The van der Waals surface area contributed by atoms with Crippen LogP contribution < -0.4 is 5.32 Å². The number of carbonyl (C=O) groups excluding carboxylic acids is 1. The van der Waals surface area contributed by atoms with Gasteiger partial charge in [-0.15, -0.1) is 0 Å². The number of nitrogens with zero attached hydrogens (tertiary/aromatic N) is 3. The van der Waals surface area contributed by atoms with Gasteiger partial charge in [0.25, 0.3) is 0 Å². The molecule has 1 N–H and O–H groups in total. The molecule has 0 bridgehead atoms. The van der Waals surface area contributed by atoms with E-state index < -0.39 is 11.7 Å². The zero-order chi connectivity index (χ0) is 18.2. The molecule has 0 saturated heterocycles. The van der Waals surface area contributed by atoms with Crippen molar-refractivity contribution < 1.29 is 18.0 Å². The summed E-state index contributed by atoms with van der Waals surface area (Å²) in [5, 5.41) is 7.04. The van der Waals surface area contributed by atoms with Crippen LogP contribution in [0.15, 0.2) is 6.07 Å². The third-order valence-corrected chi connectivity index (χ3v) is 4.57. The minimum atomic E-state index is -4.49. The maximum atomic E-state index is 13.3. The topological polar surface area (TPSA) is 59.8 Å². The van der Waals surface area contributed by atoms with E-state index in [1.807, 2.05) is 0 Å². The summed E-state index contributed by atoms with van der Waals surface area (Å²) >= 11 is 0. The molecule has 25 heavy (non-hydrogen) atoms. The van der Waals surface area contributed by atoms with E-state index in [2.05, 4.69) is 15.4 Å². The minimum absolute atomic E-state index is 0.0384. The van der Waals surface area contributed by atoms with Crippen LogP contribution in [0.5, 0.6) is 0 Å². The second-order valence-corrected chi connectivity index (χ2v) is 6.65. The van der Waals surface area contributed by atoms with Crippen molar-refractivity contribution in [2.24, 2.45) is 0 Å². The average molecular weight is 354 g/mol. The summed E-state index contributed by atoms with van der Waals surface area (Å²) in [5.41, 5.74) is -0.191. The molecule has 1 aliphatic rings. The molecular weight excluding hydrogens is 333 g/mol. The zero-order valence-electron chi connectivity index (χ0n) is 14.3. The molecule has 1 aliphatic carbocycles. The van der Waals surface area contributed by atoms with Crippen LogP contribution in [0.1, 0.15) is 49.1 Å². The summed E-state index contributed by atoms with van der Waals surface area (Å²) in [7, 11) is 0. The van der Waals surface area contributed by atoms with Gasteiger partial charge in [-0.1, -0.05) is 19.3 Å². The molecule has 0 aliphatic heterocycles.